The molecule has 0 radical (unpaired) electrons. The van der Waals surface area contributed by atoms with Crippen molar-refractivity contribution in [3.63, 3.8) is 0 Å². The molecule has 7 heteroatoms. The maximum Gasteiger partial charge on any atom is 0.256 e. The van der Waals surface area contributed by atoms with E-state index in [1.165, 1.54) is 18.8 Å². The smallest absolute Gasteiger partial charge is 0.256 e. The number of pyridine rings is 1. The Hall–Kier alpha value is -3.87. The van der Waals surface area contributed by atoms with E-state index in [9.17, 15) is 4.79 Å². The van der Waals surface area contributed by atoms with Gasteiger partial charge >= 0.3 is 0 Å². The lowest BCUT2D eigenvalue weighted by Gasteiger charge is -2.23. The van der Waals surface area contributed by atoms with Gasteiger partial charge in [0, 0.05) is 18.9 Å². The molecule has 1 aliphatic rings. The average molecular weight is 369 g/mol. The molecule has 0 saturated carbocycles. The Morgan fingerprint density at radius 3 is 2.71 bits per heavy atom. The second-order valence-electron chi connectivity index (χ2n) is 6.53. The maximum absolute atomic E-state index is 13.2. The van der Waals surface area contributed by atoms with Crippen molar-refractivity contribution in [3.8, 4) is 11.1 Å². The van der Waals surface area contributed by atoms with Crippen LogP contribution in [0.15, 0.2) is 78.2 Å². The van der Waals surface area contributed by atoms with E-state index in [1.807, 2.05) is 30.5 Å². The number of oxazole rings is 1. The van der Waals surface area contributed by atoms with Gasteiger partial charge in [-0.25, -0.2) is 4.98 Å². The summed E-state index contributed by atoms with van der Waals surface area (Å²) in [5.74, 6) is 0.499. The van der Waals surface area contributed by atoms with Crippen LogP contribution in [0, 0.1) is 0 Å². The molecule has 0 unspecified atom stereocenters. The zero-order valence-corrected chi connectivity index (χ0v) is 14.8. The third-order valence-corrected chi connectivity index (χ3v) is 4.90. The van der Waals surface area contributed by atoms with Crippen molar-refractivity contribution >= 4 is 5.91 Å². The Labute approximate surface area is 160 Å². The first-order chi connectivity index (χ1) is 13.8. The number of hydrogen-bond donors (Lipinski definition) is 0. The summed E-state index contributed by atoms with van der Waals surface area (Å²) in [6.07, 6.45) is 9.61. The average Bonchev–Trinajstić information content (AvgIpc) is 3.41. The van der Waals surface area contributed by atoms with Crippen LogP contribution in [-0.2, 0) is 6.54 Å². The molecule has 0 bridgehead atoms. The molecule has 0 spiro atoms. The number of aromatic nitrogens is 4. The molecule has 28 heavy (non-hydrogen) atoms. The quantitative estimate of drug-likeness (QED) is 0.551. The van der Waals surface area contributed by atoms with Gasteiger partial charge in [0.15, 0.2) is 12.2 Å². The largest absolute Gasteiger partial charge is 0.446 e. The number of fused-ring (bicyclic) bond motifs is 1. The normalized spacial score (nSPS) is 15.4. The Bertz CT molecular complexity index is 1110. The van der Waals surface area contributed by atoms with Gasteiger partial charge in [0.2, 0.25) is 0 Å². The lowest BCUT2D eigenvalue weighted by Crippen LogP contribution is -2.30. The molecule has 0 aliphatic carbocycles. The highest BCUT2D eigenvalue weighted by atomic mass is 16.3. The van der Waals surface area contributed by atoms with Gasteiger partial charge in [-0.2, -0.15) is 10.2 Å². The molecular weight excluding hydrogens is 354 g/mol. The fourth-order valence-electron chi connectivity index (χ4n) is 3.60. The van der Waals surface area contributed by atoms with E-state index in [1.54, 1.807) is 23.4 Å². The number of carbonyl (C=O) groups is 1. The third-order valence-electron chi connectivity index (χ3n) is 4.90. The minimum atomic E-state index is -0.332. The van der Waals surface area contributed by atoms with Crippen LogP contribution < -0.4 is 0 Å². The number of carbonyl (C=O) groups excluding carboxylic acids is 1. The molecule has 0 fully saturated rings. The zero-order chi connectivity index (χ0) is 18.9. The molecule has 1 atom stereocenters. The van der Waals surface area contributed by atoms with Gasteiger partial charge in [0.05, 0.1) is 24.2 Å². The summed E-state index contributed by atoms with van der Waals surface area (Å²) in [7, 11) is 0. The Balaban J connectivity index is 1.58. The molecule has 4 heterocycles. The Kier molecular flexibility index (Phi) is 3.90. The van der Waals surface area contributed by atoms with Gasteiger partial charge in [0.1, 0.15) is 6.04 Å². The Morgan fingerprint density at radius 2 is 1.96 bits per heavy atom. The molecule has 136 valence electrons. The molecular formula is C21H15N5O2. The first kappa shape index (κ1) is 16.3. The van der Waals surface area contributed by atoms with Crippen LogP contribution in [0.3, 0.4) is 0 Å². The monoisotopic (exact) mass is 369 g/mol. The van der Waals surface area contributed by atoms with Gasteiger partial charge in [-0.1, -0.05) is 18.2 Å². The van der Waals surface area contributed by atoms with Gasteiger partial charge < -0.3 is 9.32 Å². The summed E-state index contributed by atoms with van der Waals surface area (Å²) in [5, 5.41) is 7.58. The summed E-state index contributed by atoms with van der Waals surface area (Å²) >= 11 is 0. The van der Waals surface area contributed by atoms with Crippen LogP contribution in [0.4, 0.5) is 0 Å². The molecule has 0 N–H and O–H groups in total. The fourth-order valence-corrected chi connectivity index (χ4v) is 3.60. The van der Waals surface area contributed by atoms with Crippen LogP contribution in [0.25, 0.3) is 11.1 Å². The molecule has 1 amide bonds. The van der Waals surface area contributed by atoms with Crippen LogP contribution in [0.5, 0.6) is 0 Å². The summed E-state index contributed by atoms with van der Waals surface area (Å²) in [5.41, 5.74) is 4.67. The molecule has 1 aliphatic heterocycles. The first-order valence-corrected chi connectivity index (χ1v) is 8.80. The standard InChI is InChI=1S/C21H15N5O2/c27-21(16-5-7-24-25-10-16)26-12-17-8-14(15-2-1-6-22-9-15)3-4-18(17)20(26)19-11-23-13-28-19/h1-11,13,20H,12H2/t20-/m1/s1. The molecule has 1 aromatic carbocycles. The SMILES string of the molecule is O=C(c1ccnnc1)N1Cc2cc(-c3cccnc3)ccc2[C@@H]1c1cnco1. The van der Waals surface area contributed by atoms with E-state index in [2.05, 4.69) is 26.2 Å². The van der Waals surface area contributed by atoms with Gasteiger partial charge in [0.25, 0.3) is 5.91 Å². The molecule has 4 aromatic rings. The van der Waals surface area contributed by atoms with Gasteiger partial charge in [-0.3, -0.25) is 9.78 Å². The van der Waals surface area contributed by atoms with E-state index in [4.69, 9.17) is 4.42 Å². The highest BCUT2D eigenvalue weighted by Crippen LogP contribution is 2.40. The lowest BCUT2D eigenvalue weighted by atomic mass is 9.98. The minimum absolute atomic E-state index is 0.129. The minimum Gasteiger partial charge on any atom is -0.446 e. The lowest BCUT2D eigenvalue weighted by molar-refractivity contribution is 0.0702. The van der Waals surface area contributed by atoms with Crippen molar-refractivity contribution in [1.29, 1.82) is 0 Å². The predicted octanol–water partition coefficient (Wildman–Crippen LogP) is 3.27. The highest BCUT2D eigenvalue weighted by molar-refractivity contribution is 5.94. The summed E-state index contributed by atoms with van der Waals surface area (Å²) in [4.78, 5) is 23.2. The summed E-state index contributed by atoms with van der Waals surface area (Å²) in [6, 6.07) is 11.4. The van der Waals surface area contributed by atoms with Crippen molar-refractivity contribution in [3.05, 3.63) is 96.2 Å². The van der Waals surface area contributed by atoms with Gasteiger partial charge in [-0.15, -0.1) is 0 Å². The number of nitrogens with zero attached hydrogens (tertiary/aromatic N) is 5. The number of hydrogen-bond acceptors (Lipinski definition) is 6. The summed E-state index contributed by atoms with van der Waals surface area (Å²) in [6.45, 7) is 0.468. The van der Waals surface area contributed by atoms with Crippen LogP contribution in [-0.4, -0.2) is 31.0 Å². The molecule has 0 saturated heterocycles. The van der Waals surface area contributed by atoms with Crippen molar-refractivity contribution < 1.29 is 9.21 Å². The number of rotatable bonds is 3. The highest BCUT2D eigenvalue weighted by Gasteiger charge is 2.37. The van der Waals surface area contributed by atoms with Crippen LogP contribution in [0.2, 0.25) is 0 Å². The van der Waals surface area contributed by atoms with Crippen molar-refractivity contribution in [2.45, 2.75) is 12.6 Å². The second kappa shape index (κ2) is 6.70. The second-order valence-corrected chi connectivity index (χ2v) is 6.53. The molecule has 5 rings (SSSR count). The molecule has 7 nitrogen and oxygen atoms in total. The van der Waals surface area contributed by atoms with Crippen LogP contribution in [0.1, 0.15) is 33.3 Å². The van der Waals surface area contributed by atoms with Crippen molar-refractivity contribution in [2.24, 2.45) is 0 Å². The Morgan fingerprint density at radius 1 is 1.00 bits per heavy atom. The molecule has 3 aromatic heterocycles. The van der Waals surface area contributed by atoms with Crippen molar-refractivity contribution in [2.75, 3.05) is 0 Å². The fraction of sp³-hybridized carbons (Fsp3) is 0.0952. The van der Waals surface area contributed by atoms with E-state index in [-0.39, 0.29) is 11.9 Å². The van der Waals surface area contributed by atoms with Crippen LogP contribution >= 0.6 is 0 Å². The topological polar surface area (TPSA) is 85.0 Å². The van der Waals surface area contributed by atoms with Gasteiger partial charge in [-0.05, 0) is 40.5 Å². The van der Waals surface area contributed by atoms with E-state index < -0.39 is 0 Å². The first-order valence-electron chi connectivity index (χ1n) is 8.80. The zero-order valence-electron chi connectivity index (χ0n) is 14.8. The third kappa shape index (κ3) is 2.73. The summed E-state index contributed by atoms with van der Waals surface area (Å²) < 4.78 is 5.56. The number of amides is 1. The predicted molar refractivity (Wildman–Crippen MR) is 99.9 cm³/mol. The maximum atomic E-state index is 13.2. The number of benzene rings is 1. The van der Waals surface area contributed by atoms with Crippen molar-refractivity contribution in [1.82, 2.24) is 25.1 Å². The van der Waals surface area contributed by atoms with E-state index in [0.29, 0.717) is 17.9 Å². The van der Waals surface area contributed by atoms with E-state index >= 15 is 0 Å². The van der Waals surface area contributed by atoms with E-state index in [0.717, 1.165) is 22.3 Å².